The van der Waals surface area contributed by atoms with Crippen molar-refractivity contribution in [1.82, 2.24) is 4.72 Å². The maximum atomic E-state index is 12.0. The zero-order chi connectivity index (χ0) is 15.9. The first-order chi connectivity index (χ1) is 9.92. The van der Waals surface area contributed by atoms with Gasteiger partial charge in [-0.25, -0.2) is 13.1 Å². The van der Waals surface area contributed by atoms with Gasteiger partial charge in [0.25, 0.3) is 5.69 Å². The standard InChI is InChI=1S/C11H18N4O4S2/c1-20-7-3-2-6-13-21(18,19)9-4-5-10(14-12)11(8-9)15(16)17/h4-5,8,13-14H,2-3,6-7,12H2,1H3. The van der Waals surface area contributed by atoms with E-state index in [4.69, 9.17) is 5.84 Å². The van der Waals surface area contributed by atoms with Crippen LogP contribution in [0.25, 0.3) is 0 Å². The van der Waals surface area contributed by atoms with Crippen molar-refractivity contribution < 1.29 is 13.3 Å². The van der Waals surface area contributed by atoms with Crippen LogP contribution in [0, 0.1) is 10.1 Å². The number of thioether (sulfide) groups is 1. The molecule has 0 heterocycles. The maximum absolute atomic E-state index is 12.0. The molecule has 0 atom stereocenters. The molecule has 0 unspecified atom stereocenters. The van der Waals surface area contributed by atoms with E-state index in [2.05, 4.69) is 10.1 Å². The Morgan fingerprint density at radius 2 is 2.10 bits per heavy atom. The summed E-state index contributed by atoms with van der Waals surface area (Å²) < 4.78 is 26.5. The van der Waals surface area contributed by atoms with Crippen molar-refractivity contribution in [2.45, 2.75) is 17.7 Å². The molecule has 0 aliphatic heterocycles. The first kappa shape index (κ1) is 17.7. The molecule has 0 aliphatic carbocycles. The first-order valence-electron chi connectivity index (χ1n) is 6.16. The molecule has 0 fully saturated rings. The monoisotopic (exact) mass is 334 g/mol. The highest BCUT2D eigenvalue weighted by molar-refractivity contribution is 7.98. The molecular formula is C11H18N4O4S2. The molecule has 0 bridgehead atoms. The highest BCUT2D eigenvalue weighted by Gasteiger charge is 2.20. The Morgan fingerprint density at radius 1 is 1.38 bits per heavy atom. The molecule has 1 aromatic carbocycles. The van der Waals surface area contributed by atoms with Gasteiger partial charge >= 0.3 is 0 Å². The third-order valence-corrected chi connectivity index (χ3v) is 4.85. The lowest BCUT2D eigenvalue weighted by Crippen LogP contribution is -2.25. The van der Waals surface area contributed by atoms with Gasteiger partial charge in [-0.05, 0) is 37.0 Å². The highest BCUT2D eigenvalue weighted by atomic mass is 32.2. The number of nitrogen functional groups attached to an aromatic ring is 1. The molecule has 0 aliphatic rings. The van der Waals surface area contributed by atoms with Crippen LogP contribution in [-0.4, -0.2) is 31.9 Å². The van der Waals surface area contributed by atoms with E-state index in [9.17, 15) is 18.5 Å². The van der Waals surface area contributed by atoms with Crippen molar-refractivity contribution in [3.8, 4) is 0 Å². The topological polar surface area (TPSA) is 127 Å². The number of nitrogens with two attached hydrogens (primary N) is 1. The Balaban J connectivity index is 2.83. The lowest BCUT2D eigenvalue weighted by molar-refractivity contribution is -0.384. The van der Waals surface area contributed by atoms with E-state index in [-0.39, 0.29) is 16.3 Å². The fourth-order valence-corrected chi connectivity index (χ4v) is 3.20. The fourth-order valence-electron chi connectivity index (χ4n) is 1.61. The minimum Gasteiger partial charge on any atom is -0.318 e. The number of hydrogen-bond donors (Lipinski definition) is 3. The predicted molar refractivity (Wildman–Crippen MR) is 83.7 cm³/mol. The molecule has 10 heteroatoms. The van der Waals surface area contributed by atoms with Gasteiger partial charge in [0.1, 0.15) is 5.69 Å². The number of unbranched alkanes of at least 4 members (excludes halogenated alkanes) is 1. The van der Waals surface area contributed by atoms with Crippen molar-refractivity contribution >= 4 is 33.2 Å². The van der Waals surface area contributed by atoms with Gasteiger partial charge in [0.15, 0.2) is 0 Å². The summed E-state index contributed by atoms with van der Waals surface area (Å²) in [7, 11) is -3.76. The average molecular weight is 334 g/mol. The fraction of sp³-hybridized carbons (Fsp3) is 0.455. The van der Waals surface area contributed by atoms with Gasteiger partial charge in [0, 0.05) is 12.6 Å². The van der Waals surface area contributed by atoms with Crippen LogP contribution in [0.4, 0.5) is 11.4 Å². The second-order valence-electron chi connectivity index (χ2n) is 4.18. The van der Waals surface area contributed by atoms with E-state index in [1.165, 1.54) is 12.1 Å². The highest BCUT2D eigenvalue weighted by Crippen LogP contribution is 2.26. The maximum Gasteiger partial charge on any atom is 0.294 e. The Kier molecular flexibility index (Phi) is 6.89. The van der Waals surface area contributed by atoms with E-state index >= 15 is 0 Å². The molecule has 8 nitrogen and oxygen atoms in total. The first-order valence-corrected chi connectivity index (χ1v) is 9.03. The number of nitrogens with one attached hydrogen (secondary N) is 2. The van der Waals surface area contributed by atoms with Crippen molar-refractivity contribution in [2.75, 3.05) is 24.0 Å². The number of nitro groups is 1. The molecule has 0 saturated carbocycles. The molecule has 1 rings (SSSR count). The third-order valence-electron chi connectivity index (χ3n) is 2.70. The summed E-state index contributed by atoms with van der Waals surface area (Å²) in [6, 6.07) is 3.52. The van der Waals surface area contributed by atoms with Gasteiger partial charge in [-0.1, -0.05) is 0 Å². The summed E-state index contributed by atoms with van der Waals surface area (Å²) >= 11 is 1.69. The zero-order valence-corrected chi connectivity index (χ0v) is 13.2. The number of benzene rings is 1. The van der Waals surface area contributed by atoms with Crippen LogP contribution in [0.3, 0.4) is 0 Å². The van der Waals surface area contributed by atoms with E-state index < -0.39 is 14.9 Å². The Hall–Kier alpha value is -1.36. The number of hydrazine groups is 1. The molecular weight excluding hydrogens is 316 g/mol. The van der Waals surface area contributed by atoms with Gasteiger partial charge < -0.3 is 5.43 Å². The summed E-state index contributed by atoms with van der Waals surface area (Å²) in [6.45, 7) is 0.299. The van der Waals surface area contributed by atoms with Crippen LogP contribution in [0.2, 0.25) is 0 Å². The lowest BCUT2D eigenvalue weighted by Gasteiger charge is -2.08. The number of sulfonamides is 1. The van der Waals surface area contributed by atoms with E-state index in [1.807, 2.05) is 6.26 Å². The summed E-state index contributed by atoms with van der Waals surface area (Å²) in [4.78, 5) is 10.0. The lowest BCUT2D eigenvalue weighted by atomic mass is 10.3. The average Bonchev–Trinajstić information content (AvgIpc) is 2.46. The van der Waals surface area contributed by atoms with Gasteiger partial charge in [0.05, 0.1) is 9.82 Å². The second-order valence-corrected chi connectivity index (χ2v) is 6.93. The number of rotatable bonds is 9. The summed E-state index contributed by atoms with van der Waals surface area (Å²) in [6.07, 6.45) is 3.60. The van der Waals surface area contributed by atoms with Crippen molar-refractivity contribution in [3.63, 3.8) is 0 Å². The van der Waals surface area contributed by atoms with E-state index in [0.29, 0.717) is 13.0 Å². The molecule has 21 heavy (non-hydrogen) atoms. The molecule has 0 saturated heterocycles. The van der Waals surface area contributed by atoms with Gasteiger partial charge in [0.2, 0.25) is 10.0 Å². The Labute approximate surface area is 127 Å². The molecule has 0 amide bonds. The van der Waals surface area contributed by atoms with Crippen LogP contribution in [0.1, 0.15) is 12.8 Å². The van der Waals surface area contributed by atoms with E-state index in [0.717, 1.165) is 18.2 Å². The molecule has 0 spiro atoms. The van der Waals surface area contributed by atoms with Crippen molar-refractivity contribution in [1.29, 1.82) is 0 Å². The largest absolute Gasteiger partial charge is 0.318 e. The molecule has 4 N–H and O–H groups in total. The third kappa shape index (κ3) is 5.16. The second kappa shape index (κ2) is 8.17. The minimum absolute atomic E-state index is 0.0546. The smallest absolute Gasteiger partial charge is 0.294 e. The molecule has 0 aromatic heterocycles. The summed E-state index contributed by atoms with van der Waals surface area (Å²) in [5, 5.41) is 10.9. The minimum atomic E-state index is -3.76. The predicted octanol–water partition coefficient (Wildman–Crippen LogP) is 1.30. The van der Waals surface area contributed by atoms with Crippen LogP contribution in [0.15, 0.2) is 23.1 Å². The van der Waals surface area contributed by atoms with Gasteiger partial charge in [-0.3, -0.25) is 16.0 Å². The van der Waals surface area contributed by atoms with Gasteiger partial charge in [-0.15, -0.1) is 0 Å². The molecule has 118 valence electrons. The normalized spacial score (nSPS) is 11.3. The molecule has 0 radical (unpaired) electrons. The van der Waals surface area contributed by atoms with Crippen LogP contribution >= 0.6 is 11.8 Å². The Morgan fingerprint density at radius 3 is 2.67 bits per heavy atom. The number of nitro benzene ring substituents is 1. The number of anilines is 1. The summed E-state index contributed by atoms with van der Waals surface area (Å²) in [5.74, 6) is 6.12. The Bertz CT molecular complexity index is 592. The SMILES string of the molecule is CSCCCCNS(=O)(=O)c1ccc(NN)c([N+](=O)[O-])c1. The molecule has 1 aromatic rings. The van der Waals surface area contributed by atoms with Crippen molar-refractivity contribution in [2.24, 2.45) is 5.84 Å². The van der Waals surface area contributed by atoms with Crippen LogP contribution in [0.5, 0.6) is 0 Å². The van der Waals surface area contributed by atoms with Crippen molar-refractivity contribution in [3.05, 3.63) is 28.3 Å². The van der Waals surface area contributed by atoms with E-state index in [1.54, 1.807) is 11.8 Å². The quantitative estimate of drug-likeness (QED) is 0.269. The summed E-state index contributed by atoms with van der Waals surface area (Å²) in [5.41, 5.74) is 1.83. The zero-order valence-electron chi connectivity index (χ0n) is 11.5. The number of nitrogens with zero attached hydrogens (tertiary/aromatic N) is 1. The van der Waals surface area contributed by atoms with Crippen LogP contribution < -0.4 is 16.0 Å². The van der Waals surface area contributed by atoms with Gasteiger partial charge in [-0.2, -0.15) is 11.8 Å². The number of hydrogen-bond acceptors (Lipinski definition) is 7. The van der Waals surface area contributed by atoms with Crippen LogP contribution in [-0.2, 0) is 10.0 Å².